The number of para-hydroxylation sites is 1. The maximum atomic E-state index is 9.27. The molecular formula is C17H23N3O. The number of hydrogen-bond acceptors (Lipinski definition) is 4. The summed E-state index contributed by atoms with van der Waals surface area (Å²) >= 11 is 0. The average Bonchev–Trinajstić information content (AvgIpc) is 3.04. The van der Waals surface area contributed by atoms with Crippen molar-refractivity contribution in [2.24, 2.45) is 5.92 Å². The molecule has 1 atom stereocenters. The molecule has 1 unspecified atom stereocenters. The van der Waals surface area contributed by atoms with Crippen molar-refractivity contribution in [3.8, 4) is 6.07 Å². The second-order valence-electron chi connectivity index (χ2n) is 6.18. The highest BCUT2D eigenvalue weighted by molar-refractivity contribution is 5.59. The normalized spacial score (nSPS) is 24.2. The molecular weight excluding hydrogens is 262 g/mol. The molecule has 1 aromatic carbocycles. The molecule has 0 saturated carbocycles. The van der Waals surface area contributed by atoms with Crippen LogP contribution in [-0.2, 0) is 0 Å². The first-order valence-electron chi connectivity index (χ1n) is 7.91. The molecule has 0 amide bonds. The number of aliphatic hydroxyl groups excluding tert-OH is 1. The third-order valence-corrected chi connectivity index (χ3v) is 4.92. The third-order valence-electron chi connectivity index (χ3n) is 4.92. The minimum Gasteiger partial charge on any atom is -0.396 e. The first-order valence-corrected chi connectivity index (χ1v) is 7.91. The van der Waals surface area contributed by atoms with Crippen molar-refractivity contribution in [3.05, 3.63) is 29.8 Å². The molecule has 4 nitrogen and oxygen atoms in total. The van der Waals surface area contributed by atoms with Gasteiger partial charge in [0, 0.05) is 32.3 Å². The van der Waals surface area contributed by atoms with Gasteiger partial charge in [0.05, 0.1) is 11.3 Å². The fourth-order valence-corrected chi connectivity index (χ4v) is 3.66. The third kappa shape index (κ3) is 3.04. The molecule has 1 aromatic rings. The van der Waals surface area contributed by atoms with Crippen LogP contribution in [0, 0.1) is 17.2 Å². The molecule has 0 radical (unpaired) electrons. The average molecular weight is 285 g/mol. The van der Waals surface area contributed by atoms with Gasteiger partial charge in [-0.05, 0) is 43.9 Å². The Hall–Kier alpha value is -1.57. The van der Waals surface area contributed by atoms with Crippen LogP contribution in [0.1, 0.15) is 24.8 Å². The summed E-state index contributed by atoms with van der Waals surface area (Å²) in [7, 11) is 0. The summed E-state index contributed by atoms with van der Waals surface area (Å²) in [6.07, 6.45) is 3.43. The van der Waals surface area contributed by atoms with E-state index in [9.17, 15) is 10.4 Å². The lowest BCUT2D eigenvalue weighted by Crippen LogP contribution is -2.44. The molecule has 2 aliphatic heterocycles. The van der Waals surface area contributed by atoms with Crippen LogP contribution in [0.25, 0.3) is 0 Å². The lowest BCUT2D eigenvalue weighted by Gasteiger charge is -2.38. The fourth-order valence-electron chi connectivity index (χ4n) is 3.66. The van der Waals surface area contributed by atoms with E-state index in [1.807, 2.05) is 18.2 Å². The van der Waals surface area contributed by atoms with Gasteiger partial charge in [-0.15, -0.1) is 0 Å². The van der Waals surface area contributed by atoms with Gasteiger partial charge in [-0.25, -0.2) is 0 Å². The summed E-state index contributed by atoms with van der Waals surface area (Å²) in [6, 6.07) is 10.8. The van der Waals surface area contributed by atoms with E-state index in [0.29, 0.717) is 18.6 Å². The van der Waals surface area contributed by atoms with E-state index in [1.165, 1.54) is 0 Å². The molecule has 0 bridgehead atoms. The van der Waals surface area contributed by atoms with Crippen molar-refractivity contribution in [2.75, 3.05) is 37.7 Å². The van der Waals surface area contributed by atoms with Gasteiger partial charge in [-0.2, -0.15) is 5.26 Å². The summed E-state index contributed by atoms with van der Waals surface area (Å²) in [5.74, 6) is 0.474. The number of likely N-dealkylation sites (tertiary alicyclic amines) is 1. The van der Waals surface area contributed by atoms with Crippen LogP contribution in [0.4, 0.5) is 5.69 Å². The monoisotopic (exact) mass is 285 g/mol. The minimum atomic E-state index is 0.324. The van der Waals surface area contributed by atoms with E-state index < -0.39 is 0 Å². The smallest absolute Gasteiger partial charge is 0.101 e. The number of nitrogens with zero attached hydrogens (tertiary/aromatic N) is 3. The van der Waals surface area contributed by atoms with Gasteiger partial charge in [0.1, 0.15) is 6.07 Å². The van der Waals surface area contributed by atoms with Crippen molar-refractivity contribution >= 4 is 5.69 Å². The number of nitriles is 1. The van der Waals surface area contributed by atoms with Gasteiger partial charge in [-0.1, -0.05) is 12.1 Å². The van der Waals surface area contributed by atoms with E-state index in [1.54, 1.807) is 0 Å². The zero-order valence-corrected chi connectivity index (χ0v) is 12.4. The second kappa shape index (κ2) is 6.46. The summed E-state index contributed by atoms with van der Waals surface area (Å²) in [6.45, 7) is 4.54. The lowest BCUT2D eigenvalue weighted by atomic mass is 10.0. The molecule has 2 heterocycles. The lowest BCUT2D eigenvalue weighted by molar-refractivity contribution is 0.180. The number of aliphatic hydroxyl groups is 1. The Kier molecular flexibility index (Phi) is 4.42. The van der Waals surface area contributed by atoms with Crippen LogP contribution in [-0.4, -0.2) is 48.8 Å². The maximum absolute atomic E-state index is 9.27. The Bertz CT molecular complexity index is 517. The molecule has 112 valence electrons. The van der Waals surface area contributed by atoms with Crippen molar-refractivity contribution in [1.29, 1.82) is 5.26 Å². The number of benzene rings is 1. The van der Waals surface area contributed by atoms with Crippen LogP contribution in [0.2, 0.25) is 0 Å². The zero-order chi connectivity index (χ0) is 14.7. The summed E-state index contributed by atoms with van der Waals surface area (Å²) in [5.41, 5.74) is 1.85. The zero-order valence-electron chi connectivity index (χ0n) is 12.4. The number of hydrogen-bond donors (Lipinski definition) is 1. The van der Waals surface area contributed by atoms with Gasteiger partial charge in [0.2, 0.25) is 0 Å². The molecule has 0 aliphatic carbocycles. The largest absolute Gasteiger partial charge is 0.396 e. The number of piperidine rings is 1. The molecule has 21 heavy (non-hydrogen) atoms. The SMILES string of the molecule is N#Cc1ccccc1N1CCC(N2CCC(CO)C2)CC1. The van der Waals surface area contributed by atoms with E-state index in [0.717, 1.165) is 56.7 Å². The highest BCUT2D eigenvalue weighted by Crippen LogP contribution is 2.28. The van der Waals surface area contributed by atoms with Crippen molar-refractivity contribution in [3.63, 3.8) is 0 Å². The maximum Gasteiger partial charge on any atom is 0.101 e. The van der Waals surface area contributed by atoms with Crippen LogP contribution in [0.5, 0.6) is 0 Å². The molecule has 2 fully saturated rings. The number of anilines is 1. The van der Waals surface area contributed by atoms with Gasteiger partial charge in [0.15, 0.2) is 0 Å². The fraction of sp³-hybridized carbons (Fsp3) is 0.588. The van der Waals surface area contributed by atoms with Gasteiger partial charge in [-0.3, -0.25) is 4.90 Å². The van der Waals surface area contributed by atoms with Crippen molar-refractivity contribution in [1.82, 2.24) is 4.90 Å². The summed E-state index contributed by atoms with van der Waals surface area (Å²) in [4.78, 5) is 4.89. The van der Waals surface area contributed by atoms with Gasteiger partial charge < -0.3 is 10.0 Å². The Morgan fingerprint density at radius 3 is 2.57 bits per heavy atom. The highest BCUT2D eigenvalue weighted by Gasteiger charge is 2.30. The Labute approximate surface area is 126 Å². The van der Waals surface area contributed by atoms with E-state index in [-0.39, 0.29) is 0 Å². The van der Waals surface area contributed by atoms with Gasteiger partial charge >= 0.3 is 0 Å². The number of rotatable bonds is 3. The summed E-state index contributed by atoms with van der Waals surface area (Å²) in [5, 5.41) is 18.5. The molecule has 4 heteroatoms. The van der Waals surface area contributed by atoms with Crippen LogP contribution in [0.15, 0.2) is 24.3 Å². The standard InChI is InChI=1S/C17H23N3O/c18-11-15-3-1-2-4-17(15)19-9-6-16(7-10-19)20-8-5-14(12-20)13-21/h1-4,14,16,21H,5-10,12-13H2. The first kappa shape index (κ1) is 14.4. The quantitative estimate of drug-likeness (QED) is 0.920. The van der Waals surface area contributed by atoms with Crippen LogP contribution in [0.3, 0.4) is 0 Å². The van der Waals surface area contributed by atoms with Crippen molar-refractivity contribution in [2.45, 2.75) is 25.3 Å². The van der Waals surface area contributed by atoms with Gasteiger partial charge in [0.25, 0.3) is 0 Å². The Morgan fingerprint density at radius 2 is 1.90 bits per heavy atom. The van der Waals surface area contributed by atoms with Crippen LogP contribution < -0.4 is 4.90 Å². The summed E-state index contributed by atoms with van der Waals surface area (Å²) < 4.78 is 0. The van der Waals surface area contributed by atoms with E-state index >= 15 is 0 Å². The second-order valence-corrected chi connectivity index (χ2v) is 6.18. The molecule has 0 aromatic heterocycles. The molecule has 1 N–H and O–H groups in total. The molecule has 2 aliphatic rings. The molecule has 2 saturated heterocycles. The topological polar surface area (TPSA) is 50.5 Å². The Morgan fingerprint density at radius 1 is 1.14 bits per heavy atom. The minimum absolute atomic E-state index is 0.324. The predicted molar refractivity (Wildman–Crippen MR) is 83.2 cm³/mol. The predicted octanol–water partition coefficient (Wildman–Crippen LogP) is 1.84. The van der Waals surface area contributed by atoms with Crippen molar-refractivity contribution < 1.29 is 5.11 Å². The highest BCUT2D eigenvalue weighted by atomic mass is 16.3. The first-order chi connectivity index (χ1) is 10.3. The Balaban J connectivity index is 1.59. The molecule has 3 rings (SSSR count). The van der Waals surface area contributed by atoms with E-state index in [2.05, 4.69) is 21.9 Å². The van der Waals surface area contributed by atoms with E-state index in [4.69, 9.17) is 0 Å². The molecule has 0 spiro atoms. The van der Waals surface area contributed by atoms with Crippen LogP contribution >= 0.6 is 0 Å².